The van der Waals surface area contributed by atoms with E-state index in [-0.39, 0.29) is 0 Å². The molecule has 8 aromatic heterocycles. The number of fused-ring (bicyclic) bond motifs is 23. The first-order valence-corrected chi connectivity index (χ1v) is 23.0. The molecule has 0 amide bonds. The Hall–Kier alpha value is -9.40. The van der Waals surface area contributed by atoms with Crippen LogP contribution in [0.3, 0.4) is 0 Å². The summed E-state index contributed by atoms with van der Waals surface area (Å²) < 4.78 is 9.45. The van der Waals surface area contributed by atoms with Crippen molar-refractivity contribution < 1.29 is 0 Å². The lowest BCUT2D eigenvalue weighted by Gasteiger charge is -2.14. The molecule has 0 fully saturated rings. The van der Waals surface area contributed by atoms with E-state index in [1.165, 1.54) is 27.1 Å². The second kappa shape index (κ2) is 13.1. The van der Waals surface area contributed by atoms with Gasteiger partial charge in [-0.2, -0.15) is 0 Å². The molecule has 314 valence electrons. The van der Waals surface area contributed by atoms with Crippen molar-refractivity contribution in [3.05, 3.63) is 207 Å². The zero-order valence-electron chi connectivity index (χ0n) is 36.2. The van der Waals surface area contributed by atoms with Gasteiger partial charge >= 0.3 is 0 Å². The molecule has 68 heavy (non-hydrogen) atoms. The van der Waals surface area contributed by atoms with E-state index in [1.54, 1.807) is 0 Å². The SMILES string of the molecule is c1ccc(-n2c3ccccc3c3cc4c(cc32)c2cccnc2c2nc3ccc(-c5cnc6c(c5)c5ccc7c8ccccc8n(-c8ccccc8)c7c5n5c7ccccc7nc65)cc3n42)cc1. The van der Waals surface area contributed by atoms with Crippen LogP contribution in [-0.4, -0.2) is 37.9 Å². The third-order valence-corrected chi connectivity index (χ3v) is 14.3. The predicted molar refractivity (Wildman–Crippen MR) is 279 cm³/mol. The molecule has 0 aliphatic rings. The number of imidazole rings is 2. The number of pyridine rings is 4. The van der Waals surface area contributed by atoms with E-state index in [9.17, 15) is 0 Å². The molecule has 0 atom stereocenters. The van der Waals surface area contributed by atoms with Gasteiger partial charge in [-0.25, -0.2) is 9.97 Å². The Labute approximate surface area is 385 Å². The Morgan fingerprint density at radius 1 is 0.309 bits per heavy atom. The van der Waals surface area contributed by atoms with E-state index in [0.29, 0.717) is 0 Å². The van der Waals surface area contributed by atoms with Crippen LogP contribution in [-0.2, 0) is 0 Å². The molecule has 8 nitrogen and oxygen atoms in total. The van der Waals surface area contributed by atoms with Crippen LogP contribution in [0.4, 0.5) is 0 Å². The van der Waals surface area contributed by atoms with E-state index in [1.807, 2.05) is 18.5 Å². The summed E-state index contributed by atoms with van der Waals surface area (Å²) in [6, 6.07) is 69.6. The first kappa shape index (κ1) is 35.9. The van der Waals surface area contributed by atoms with Crippen molar-refractivity contribution in [2.75, 3.05) is 0 Å². The zero-order valence-corrected chi connectivity index (χ0v) is 36.2. The number of aromatic nitrogens is 8. The number of nitrogens with zero attached hydrogens (tertiary/aromatic N) is 8. The Bertz CT molecular complexity index is 4850. The lowest BCUT2D eigenvalue weighted by Crippen LogP contribution is -1.99. The van der Waals surface area contributed by atoms with E-state index in [2.05, 4.69) is 206 Å². The van der Waals surface area contributed by atoms with E-state index in [0.717, 1.165) is 116 Å². The Morgan fingerprint density at radius 3 is 1.69 bits per heavy atom. The maximum atomic E-state index is 5.32. The monoisotopic (exact) mass is 866 g/mol. The summed E-state index contributed by atoms with van der Waals surface area (Å²) >= 11 is 0. The predicted octanol–water partition coefficient (Wildman–Crippen LogP) is 14.6. The van der Waals surface area contributed by atoms with Crippen molar-refractivity contribution >= 4 is 121 Å². The summed E-state index contributed by atoms with van der Waals surface area (Å²) in [5.41, 5.74) is 18.4. The van der Waals surface area contributed by atoms with Gasteiger partial charge in [0.25, 0.3) is 0 Å². The molecule has 0 N–H and O–H groups in total. The third kappa shape index (κ3) is 4.67. The number of hydrogen-bond acceptors (Lipinski definition) is 4. The Morgan fingerprint density at radius 2 is 0.897 bits per heavy atom. The van der Waals surface area contributed by atoms with Gasteiger partial charge in [0.05, 0.1) is 55.2 Å². The van der Waals surface area contributed by atoms with E-state index < -0.39 is 0 Å². The first-order valence-electron chi connectivity index (χ1n) is 23.0. The minimum absolute atomic E-state index is 0.834. The highest BCUT2D eigenvalue weighted by Crippen LogP contribution is 2.43. The quantitative estimate of drug-likeness (QED) is 0.166. The summed E-state index contributed by atoms with van der Waals surface area (Å²) in [7, 11) is 0. The normalized spacial score (nSPS) is 12.4. The minimum atomic E-state index is 0.834. The molecule has 0 bridgehead atoms. The molecule has 0 unspecified atom stereocenters. The lowest BCUT2D eigenvalue weighted by molar-refractivity contribution is 1.18. The minimum Gasteiger partial charge on any atom is -0.309 e. The average molecular weight is 867 g/mol. The van der Waals surface area contributed by atoms with Crippen LogP contribution >= 0.6 is 0 Å². The maximum Gasteiger partial charge on any atom is 0.165 e. The summed E-state index contributed by atoms with van der Waals surface area (Å²) in [5, 5.41) is 9.12. The van der Waals surface area contributed by atoms with Gasteiger partial charge in [0.15, 0.2) is 11.3 Å². The molecule has 0 aliphatic carbocycles. The number of hydrogen-bond donors (Lipinski definition) is 0. The van der Waals surface area contributed by atoms with Crippen molar-refractivity contribution in [2.24, 2.45) is 0 Å². The lowest BCUT2D eigenvalue weighted by atomic mass is 10.0. The second-order valence-corrected chi connectivity index (χ2v) is 17.9. The van der Waals surface area contributed by atoms with Gasteiger partial charge in [-0.1, -0.05) is 109 Å². The Balaban J connectivity index is 0.995. The first-order chi connectivity index (χ1) is 33.7. The van der Waals surface area contributed by atoms with Crippen LogP contribution in [0.2, 0.25) is 0 Å². The summed E-state index contributed by atoms with van der Waals surface area (Å²) in [6.07, 6.45) is 3.88. The maximum absolute atomic E-state index is 5.32. The van der Waals surface area contributed by atoms with E-state index >= 15 is 0 Å². The largest absolute Gasteiger partial charge is 0.309 e. The van der Waals surface area contributed by atoms with Gasteiger partial charge in [0, 0.05) is 72.4 Å². The van der Waals surface area contributed by atoms with Crippen molar-refractivity contribution in [2.45, 2.75) is 0 Å². The molecule has 0 radical (unpaired) electrons. The van der Waals surface area contributed by atoms with Gasteiger partial charge in [-0.05, 0) is 90.5 Å². The van der Waals surface area contributed by atoms with Crippen LogP contribution in [0.25, 0.3) is 143 Å². The second-order valence-electron chi connectivity index (χ2n) is 17.9. The fourth-order valence-electron chi connectivity index (χ4n) is 11.5. The van der Waals surface area contributed by atoms with Crippen LogP contribution < -0.4 is 0 Å². The number of rotatable bonds is 3. The summed E-state index contributed by atoms with van der Waals surface area (Å²) in [6.45, 7) is 0. The molecule has 8 heteroatoms. The smallest absolute Gasteiger partial charge is 0.165 e. The van der Waals surface area contributed by atoms with Gasteiger partial charge < -0.3 is 9.13 Å². The third-order valence-electron chi connectivity index (χ3n) is 14.3. The highest BCUT2D eigenvalue weighted by Gasteiger charge is 2.23. The van der Waals surface area contributed by atoms with Crippen molar-refractivity contribution in [1.82, 2.24) is 37.9 Å². The molecule has 0 aliphatic heterocycles. The van der Waals surface area contributed by atoms with Crippen LogP contribution in [0.1, 0.15) is 0 Å². The van der Waals surface area contributed by atoms with Crippen LogP contribution in [0, 0.1) is 0 Å². The fraction of sp³-hybridized carbons (Fsp3) is 0. The standard InChI is InChI=1S/C60H34N8/c1-3-14-37(15-4-1)65-49-22-10-8-19-40(49)44-32-53-45(33-52(44)65)41-20-13-29-61-55(41)59-64-48-28-25-35(31-54(48)67(53)59)36-30-46-43-27-26-42-39-18-7-11-23-50(39)66(38-16-5-2-6-17-38)57(42)58(43)68-51-24-12-9-21-47(51)63-60(68)56(46)62-34-36/h1-34H. The van der Waals surface area contributed by atoms with E-state index in [4.69, 9.17) is 19.9 Å². The van der Waals surface area contributed by atoms with Crippen LogP contribution in [0.5, 0.6) is 0 Å². The molecular formula is C60H34N8. The molecule has 0 saturated carbocycles. The summed E-state index contributed by atoms with van der Waals surface area (Å²) in [4.78, 5) is 20.9. The van der Waals surface area contributed by atoms with Gasteiger partial charge in [0.2, 0.25) is 0 Å². The van der Waals surface area contributed by atoms with Crippen LogP contribution in [0.15, 0.2) is 207 Å². The topological polar surface area (TPSA) is 70.2 Å². The molecule has 8 heterocycles. The van der Waals surface area contributed by atoms with Gasteiger partial charge in [-0.15, -0.1) is 0 Å². The number of benzene rings is 8. The molecular weight excluding hydrogens is 833 g/mol. The molecule has 16 aromatic rings. The van der Waals surface area contributed by atoms with Gasteiger partial charge in [-0.3, -0.25) is 18.8 Å². The highest BCUT2D eigenvalue weighted by molar-refractivity contribution is 6.25. The molecule has 16 rings (SSSR count). The van der Waals surface area contributed by atoms with Crippen molar-refractivity contribution in [3.8, 4) is 22.5 Å². The Kier molecular flexibility index (Phi) is 6.92. The summed E-state index contributed by atoms with van der Waals surface area (Å²) in [5.74, 6) is 0. The number of para-hydroxylation sites is 6. The highest BCUT2D eigenvalue weighted by atomic mass is 15.1. The zero-order chi connectivity index (χ0) is 44.2. The van der Waals surface area contributed by atoms with Gasteiger partial charge in [0.1, 0.15) is 11.0 Å². The average Bonchev–Trinajstić information content (AvgIpc) is 4.17. The molecule has 0 spiro atoms. The molecule has 0 saturated heterocycles. The van der Waals surface area contributed by atoms with Crippen molar-refractivity contribution in [3.63, 3.8) is 0 Å². The molecule has 8 aromatic carbocycles. The van der Waals surface area contributed by atoms with Crippen molar-refractivity contribution in [1.29, 1.82) is 0 Å². The fourth-order valence-corrected chi connectivity index (χ4v) is 11.5.